The van der Waals surface area contributed by atoms with Gasteiger partial charge in [-0.3, -0.25) is 4.79 Å². The van der Waals surface area contributed by atoms with Crippen LogP contribution in [0, 0.1) is 17.5 Å². The standard InChI is InChI=1S/C23H20F3N5O/c24-14-8-17(25)16(18(26)9-14)10-21-29-19-12-27-20(7-13-5-6-22(32)28-11-13)30-23(19)31(21)15-3-1-2-4-15/h5-6,8-9,11-12,15H,1-4,7,10H2,(H,28,32). The predicted octanol–water partition coefficient (Wildman–Crippen LogP) is 4.23. The fourth-order valence-electron chi connectivity index (χ4n) is 4.36. The Morgan fingerprint density at radius 1 is 1.03 bits per heavy atom. The second kappa shape index (κ2) is 8.22. The van der Waals surface area contributed by atoms with Crippen molar-refractivity contribution in [2.75, 3.05) is 0 Å². The first kappa shape index (κ1) is 20.4. The zero-order valence-corrected chi connectivity index (χ0v) is 17.1. The number of H-pyrrole nitrogens is 1. The van der Waals surface area contributed by atoms with E-state index in [1.54, 1.807) is 18.5 Å². The molecule has 1 N–H and O–H groups in total. The molecule has 3 heterocycles. The minimum absolute atomic E-state index is 0.111. The molecule has 0 amide bonds. The number of imidazole rings is 1. The summed E-state index contributed by atoms with van der Waals surface area (Å²) >= 11 is 0. The Hall–Kier alpha value is -3.49. The third kappa shape index (κ3) is 3.90. The Labute approximate surface area is 181 Å². The van der Waals surface area contributed by atoms with Gasteiger partial charge in [0.2, 0.25) is 5.56 Å². The summed E-state index contributed by atoms with van der Waals surface area (Å²) < 4.78 is 44.0. The number of fused-ring (bicyclic) bond motifs is 1. The second-order valence-electron chi connectivity index (χ2n) is 8.09. The summed E-state index contributed by atoms with van der Waals surface area (Å²) in [6, 6.07) is 4.65. The fraction of sp³-hybridized carbons (Fsp3) is 0.304. The number of nitrogens with zero attached hydrogens (tertiary/aromatic N) is 4. The van der Waals surface area contributed by atoms with Gasteiger partial charge < -0.3 is 9.55 Å². The molecule has 5 rings (SSSR count). The molecule has 0 radical (unpaired) electrons. The largest absolute Gasteiger partial charge is 0.329 e. The summed E-state index contributed by atoms with van der Waals surface area (Å²) in [4.78, 5) is 27.6. The first-order chi connectivity index (χ1) is 15.5. The predicted molar refractivity (Wildman–Crippen MR) is 112 cm³/mol. The van der Waals surface area contributed by atoms with Crippen LogP contribution in [0.4, 0.5) is 13.2 Å². The van der Waals surface area contributed by atoms with Crippen molar-refractivity contribution in [3.63, 3.8) is 0 Å². The lowest BCUT2D eigenvalue weighted by atomic mass is 10.1. The van der Waals surface area contributed by atoms with Gasteiger partial charge in [0.1, 0.15) is 34.6 Å². The van der Waals surface area contributed by atoms with Gasteiger partial charge in [-0.15, -0.1) is 0 Å². The van der Waals surface area contributed by atoms with E-state index in [2.05, 4.69) is 15.0 Å². The molecule has 0 saturated heterocycles. The van der Waals surface area contributed by atoms with Crippen molar-refractivity contribution in [2.45, 2.75) is 44.6 Å². The van der Waals surface area contributed by atoms with Gasteiger partial charge in [-0.05, 0) is 18.4 Å². The summed E-state index contributed by atoms with van der Waals surface area (Å²) in [6.45, 7) is 0. The van der Waals surface area contributed by atoms with Crippen LogP contribution in [0.1, 0.15) is 54.5 Å². The van der Waals surface area contributed by atoms with Crippen LogP contribution in [-0.4, -0.2) is 24.5 Å². The van der Waals surface area contributed by atoms with E-state index in [1.165, 1.54) is 6.07 Å². The van der Waals surface area contributed by atoms with Crippen LogP contribution in [0.2, 0.25) is 0 Å². The number of aromatic amines is 1. The van der Waals surface area contributed by atoms with E-state index in [4.69, 9.17) is 4.98 Å². The average Bonchev–Trinajstić information content (AvgIpc) is 3.39. The van der Waals surface area contributed by atoms with Crippen LogP contribution < -0.4 is 5.56 Å². The van der Waals surface area contributed by atoms with Crippen molar-refractivity contribution in [2.24, 2.45) is 0 Å². The molecule has 0 unspecified atom stereocenters. The topological polar surface area (TPSA) is 76.5 Å². The number of nitrogens with one attached hydrogen (secondary N) is 1. The zero-order valence-electron chi connectivity index (χ0n) is 17.1. The lowest BCUT2D eigenvalue weighted by Crippen LogP contribution is -2.12. The molecule has 6 nitrogen and oxygen atoms in total. The first-order valence-electron chi connectivity index (χ1n) is 10.5. The molecule has 3 aromatic heterocycles. The number of hydrogen-bond donors (Lipinski definition) is 1. The molecule has 164 valence electrons. The lowest BCUT2D eigenvalue weighted by Gasteiger charge is -2.16. The third-order valence-corrected chi connectivity index (χ3v) is 5.90. The van der Waals surface area contributed by atoms with Gasteiger partial charge in [0, 0.05) is 48.8 Å². The normalized spacial score (nSPS) is 14.5. The van der Waals surface area contributed by atoms with Gasteiger partial charge in [0.25, 0.3) is 0 Å². The van der Waals surface area contributed by atoms with Crippen LogP contribution in [0.5, 0.6) is 0 Å². The zero-order chi connectivity index (χ0) is 22.2. The average molecular weight is 439 g/mol. The van der Waals surface area contributed by atoms with Crippen molar-refractivity contribution in [3.05, 3.63) is 87.2 Å². The van der Waals surface area contributed by atoms with E-state index in [0.29, 0.717) is 41.4 Å². The Kier molecular flexibility index (Phi) is 5.24. The van der Waals surface area contributed by atoms with E-state index in [0.717, 1.165) is 31.2 Å². The summed E-state index contributed by atoms with van der Waals surface area (Å²) in [5.74, 6) is -1.79. The maximum atomic E-state index is 14.3. The molecule has 0 bridgehead atoms. The van der Waals surface area contributed by atoms with Gasteiger partial charge >= 0.3 is 0 Å². The molecule has 4 aromatic rings. The minimum Gasteiger partial charge on any atom is -0.329 e. The van der Waals surface area contributed by atoms with Crippen LogP contribution >= 0.6 is 0 Å². The molecule has 0 atom stereocenters. The summed E-state index contributed by atoms with van der Waals surface area (Å²) in [5, 5.41) is 0. The lowest BCUT2D eigenvalue weighted by molar-refractivity contribution is 0.498. The second-order valence-corrected chi connectivity index (χ2v) is 8.09. The van der Waals surface area contributed by atoms with Crippen molar-refractivity contribution < 1.29 is 13.2 Å². The Morgan fingerprint density at radius 2 is 1.78 bits per heavy atom. The summed E-state index contributed by atoms with van der Waals surface area (Å²) in [7, 11) is 0. The number of aromatic nitrogens is 5. The van der Waals surface area contributed by atoms with Gasteiger partial charge in [0.05, 0.1) is 6.20 Å². The van der Waals surface area contributed by atoms with Crippen LogP contribution in [-0.2, 0) is 12.8 Å². The molecule has 0 spiro atoms. The van der Waals surface area contributed by atoms with Crippen molar-refractivity contribution >= 4 is 11.2 Å². The SMILES string of the molecule is O=c1ccc(Cc2ncc3nc(Cc4c(F)cc(F)cc4F)n(C4CCCC4)c3n2)c[nH]1. The number of hydrogen-bond acceptors (Lipinski definition) is 4. The van der Waals surface area contributed by atoms with Crippen LogP contribution in [0.15, 0.2) is 41.5 Å². The molecule has 1 saturated carbocycles. The van der Waals surface area contributed by atoms with Crippen molar-refractivity contribution in [1.29, 1.82) is 0 Å². The molecule has 9 heteroatoms. The van der Waals surface area contributed by atoms with Crippen LogP contribution in [0.25, 0.3) is 11.2 Å². The van der Waals surface area contributed by atoms with E-state index in [1.807, 2.05) is 4.57 Å². The maximum absolute atomic E-state index is 14.3. The van der Waals surface area contributed by atoms with Crippen LogP contribution in [0.3, 0.4) is 0 Å². The highest BCUT2D eigenvalue weighted by Gasteiger charge is 2.25. The van der Waals surface area contributed by atoms with Gasteiger partial charge in [-0.25, -0.2) is 28.1 Å². The molecule has 1 aliphatic carbocycles. The highest BCUT2D eigenvalue weighted by molar-refractivity contribution is 5.71. The Bertz CT molecular complexity index is 1310. The molecule has 0 aliphatic heterocycles. The van der Waals surface area contributed by atoms with Gasteiger partial charge in [-0.2, -0.15) is 0 Å². The molecule has 1 fully saturated rings. The highest BCUT2D eigenvalue weighted by atomic mass is 19.1. The smallest absolute Gasteiger partial charge is 0.247 e. The Morgan fingerprint density at radius 3 is 2.47 bits per heavy atom. The molecule has 1 aromatic carbocycles. The Balaban J connectivity index is 1.57. The first-order valence-corrected chi connectivity index (χ1v) is 10.5. The number of rotatable bonds is 5. The number of benzene rings is 1. The quantitative estimate of drug-likeness (QED) is 0.505. The van der Waals surface area contributed by atoms with Gasteiger partial charge in [0.15, 0.2) is 5.65 Å². The minimum atomic E-state index is -0.953. The fourth-order valence-corrected chi connectivity index (χ4v) is 4.36. The summed E-state index contributed by atoms with van der Waals surface area (Å²) in [6.07, 6.45) is 7.49. The van der Waals surface area contributed by atoms with E-state index < -0.39 is 17.5 Å². The van der Waals surface area contributed by atoms with Crippen molar-refractivity contribution in [3.8, 4) is 0 Å². The molecular weight excluding hydrogens is 419 g/mol. The maximum Gasteiger partial charge on any atom is 0.247 e. The third-order valence-electron chi connectivity index (χ3n) is 5.90. The molecular formula is C23H20F3N5O. The van der Waals surface area contributed by atoms with Crippen molar-refractivity contribution in [1.82, 2.24) is 24.5 Å². The summed E-state index contributed by atoms with van der Waals surface area (Å²) in [5.41, 5.74) is 1.60. The number of halogens is 3. The van der Waals surface area contributed by atoms with Gasteiger partial charge in [-0.1, -0.05) is 18.9 Å². The van der Waals surface area contributed by atoms with E-state index >= 15 is 0 Å². The number of pyridine rings is 1. The molecule has 1 aliphatic rings. The van der Waals surface area contributed by atoms with E-state index in [9.17, 15) is 18.0 Å². The molecule has 32 heavy (non-hydrogen) atoms. The van der Waals surface area contributed by atoms with E-state index in [-0.39, 0.29) is 23.6 Å². The highest BCUT2D eigenvalue weighted by Crippen LogP contribution is 2.34. The monoisotopic (exact) mass is 439 g/mol.